The van der Waals surface area contributed by atoms with Crippen molar-refractivity contribution in [2.75, 3.05) is 0 Å². The molecule has 70 valence electrons. The fraction of sp³-hybridized carbons (Fsp3) is 0. The summed E-state index contributed by atoms with van der Waals surface area (Å²) >= 11 is 0. The molecule has 2 amide bonds. The molecule has 0 aliphatic heterocycles. The van der Waals surface area contributed by atoms with Crippen LogP contribution in [0.25, 0.3) is 0 Å². The molecule has 0 unspecified atom stereocenters. The van der Waals surface area contributed by atoms with Crippen molar-refractivity contribution in [3.05, 3.63) is 13.2 Å². The fourth-order valence-electron chi connectivity index (χ4n) is 0. The topological polar surface area (TPSA) is 120 Å². The molecule has 4 N–H and O–H groups in total. The number of hydrogen-bond donors (Lipinski definition) is 2. The summed E-state index contributed by atoms with van der Waals surface area (Å²) in [6, 6.07) is 0. The van der Waals surface area contributed by atoms with E-state index in [1.165, 1.54) is 0 Å². The van der Waals surface area contributed by atoms with Crippen LogP contribution in [-0.4, -0.2) is 25.4 Å². The maximum absolute atomic E-state index is 8.81. The van der Waals surface area contributed by atoms with E-state index in [-0.39, 0.29) is 25.4 Å². The van der Waals surface area contributed by atoms with Gasteiger partial charge in [0.25, 0.3) is 0 Å². The first kappa shape index (κ1) is 22.5. The minimum atomic E-state index is 0.194. The lowest BCUT2D eigenvalue weighted by Crippen LogP contribution is -1.82. The van der Waals surface area contributed by atoms with Crippen LogP contribution >= 0.6 is 0 Å². The van der Waals surface area contributed by atoms with Crippen molar-refractivity contribution >= 4 is 25.4 Å². The van der Waals surface area contributed by atoms with Gasteiger partial charge in [0.05, 0.1) is 0 Å². The fourth-order valence-corrected chi connectivity index (χ4v) is 0. The van der Waals surface area contributed by atoms with E-state index in [1.807, 2.05) is 0 Å². The monoisotopic (exact) mass is 176 g/mol. The first-order valence-electron chi connectivity index (χ1n) is 2.44. The van der Waals surface area contributed by atoms with Crippen LogP contribution in [0, 0.1) is 0 Å². The molecule has 6 heteroatoms. The molecular formula is C6H12N2O4. The van der Waals surface area contributed by atoms with Crippen LogP contribution in [0.5, 0.6) is 0 Å². The number of hydrogen-bond acceptors (Lipinski definition) is 4. The van der Waals surface area contributed by atoms with Gasteiger partial charge in [-0.3, -0.25) is 19.2 Å². The van der Waals surface area contributed by atoms with E-state index in [4.69, 9.17) is 19.2 Å². The minimum absolute atomic E-state index is 0.194. The Labute approximate surface area is 70.2 Å². The number of carbonyl (C=O) groups is 4. The van der Waals surface area contributed by atoms with Gasteiger partial charge in [0.1, 0.15) is 0 Å². The molecule has 0 saturated carbocycles. The summed E-state index contributed by atoms with van der Waals surface area (Å²) < 4.78 is 0. The van der Waals surface area contributed by atoms with Gasteiger partial charge in [-0.2, -0.15) is 0 Å². The average molecular weight is 176 g/mol. The molecular weight excluding hydrogens is 164 g/mol. The third-order valence-electron chi connectivity index (χ3n) is 0.0556. The van der Waals surface area contributed by atoms with Crippen molar-refractivity contribution < 1.29 is 19.2 Å². The van der Waals surface area contributed by atoms with Gasteiger partial charge in [-0.05, 0) is 0 Å². The Morgan fingerprint density at radius 2 is 0.833 bits per heavy atom. The van der Waals surface area contributed by atoms with Crippen molar-refractivity contribution in [2.45, 2.75) is 0 Å². The van der Waals surface area contributed by atoms with E-state index >= 15 is 0 Å². The normalized spacial score (nSPS) is 4.00. The summed E-state index contributed by atoms with van der Waals surface area (Å²) in [7, 11) is 0. The van der Waals surface area contributed by atoms with E-state index in [2.05, 4.69) is 24.6 Å². The molecule has 0 heterocycles. The quantitative estimate of drug-likeness (QED) is 0.283. The van der Waals surface area contributed by atoms with Crippen LogP contribution < -0.4 is 11.5 Å². The zero-order valence-corrected chi connectivity index (χ0v) is 6.51. The highest BCUT2D eigenvalue weighted by Crippen LogP contribution is 1.12. The second-order valence-electron chi connectivity index (χ2n) is 0.544. The molecule has 0 bridgehead atoms. The Balaban J connectivity index is -0.0000000368. The molecule has 0 radical (unpaired) electrons. The Kier molecular flexibility index (Phi) is 267. The molecule has 0 fully saturated rings. The zero-order valence-electron chi connectivity index (χ0n) is 6.51. The SMILES string of the molecule is C=C.NC=O.NC=O.O=CC=O. The Bertz CT molecular complexity index is 93.7. The van der Waals surface area contributed by atoms with Gasteiger partial charge in [-0.15, -0.1) is 13.2 Å². The molecule has 0 aromatic carbocycles. The largest absolute Gasteiger partial charge is 0.372 e. The standard InChI is InChI=1S/C2H2O2.C2H4.2CH3NO/c3-1-2-4;1-2;2*2-1-3/h1-2H;1-2H2;2*1H,(H2,2,3). The van der Waals surface area contributed by atoms with Gasteiger partial charge in [0, 0.05) is 0 Å². The van der Waals surface area contributed by atoms with Crippen LogP contribution in [0.1, 0.15) is 0 Å². The summed E-state index contributed by atoms with van der Waals surface area (Å²) in [5.74, 6) is 0. The predicted octanol–water partition coefficient (Wildman–Crippen LogP) is -1.61. The Morgan fingerprint density at radius 3 is 0.833 bits per heavy atom. The molecule has 0 atom stereocenters. The third kappa shape index (κ3) is 412. The summed E-state index contributed by atoms with van der Waals surface area (Å²) in [6.45, 7) is 6.00. The van der Waals surface area contributed by atoms with Crippen molar-refractivity contribution in [3.63, 3.8) is 0 Å². The molecule has 0 aliphatic carbocycles. The van der Waals surface area contributed by atoms with E-state index < -0.39 is 0 Å². The lowest BCUT2D eigenvalue weighted by molar-refractivity contribution is -0.122. The molecule has 12 heavy (non-hydrogen) atoms. The average Bonchev–Trinajstić information content (AvgIpc) is 2.10. The van der Waals surface area contributed by atoms with Crippen LogP contribution in [0.3, 0.4) is 0 Å². The summed E-state index contributed by atoms with van der Waals surface area (Å²) in [5.41, 5.74) is 8.33. The maximum Gasteiger partial charge on any atom is 0.204 e. The molecule has 0 rings (SSSR count). The minimum Gasteiger partial charge on any atom is -0.372 e. The van der Waals surface area contributed by atoms with Crippen molar-refractivity contribution in [2.24, 2.45) is 11.5 Å². The van der Waals surface area contributed by atoms with Crippen molar-refractivity contribution in [1.82, 2.24) is 0 Å². The van der Waals surface area contributed by atoms with Gasteiger partial charge in [-0.25, -0.2) is 0 Å². The summed E-state index contributed by atoms with van der Waals surface area (Å²) in [5, 5.41) is 0. The number of carbonyl (C=O) groups excluding carboxylic acids is 4. The number of amides is 2. The molecule has 6 nitrogen and oxygen atoms in total. The summed E-state index contributed by atoms with van der Waals surface area (Å²) in [4.78, 5) is 34.8. The van der Waals surface area contributed by atoms with Crippen LogP contribution in [0.15, 0.2) is 13.2 Å². The van der Waals surface area contributed by atoms with Crippen LogP contribution in [-0.2, 0) is 19.2 Å². The van der Waals surface area contributed by atoms with Crippen LogP contribution in [0.4, 0.5) is 0 Å². The van der Waals surface area contributed by atoms with Gasteiger partial charge < -0.3 is 11.5 Å². The van der Waals surface area contributed by atoms with Gasteiger partial charge >= 0.3 is 0 Å². The highest BCUT2D eigenvalue weighted by Gasteiger charge is 1.47. The first-order valence-corrected chi connectivity index (χ1v) is 2.44. The highest BCUT2D eigenvalue weighted by molar-refractivity contribution is 6.09. The molecule has 0 aliphatic rings. The Hall–Kier alpha value is -1.98. The van der Waals surface area contributed by atoms with Crippen molar-refractivity contribution in [1.29, 1.82) is 0 Å². The number of nitrogens with two attached hydrogens (primary N) is 2. The zero-order chi connectivity index (χ0) is 10.8. The van der Waals surface area contributed by atoms with E-state index in [1.54, 1.807) is 0 Å². The van der Waals surface area contributed by atoms with Gasteiger partial charge in [0.15, 0.2) is 12.6 Å². The second kappa shape index (κ2) is 142. The number of aldehydes is 2. The number of primary amides is 2. The molecule has 0 aromatic heterocycles. The lowest BCUT2D eigenvalue weighted by atomic mass is 10.9. The molecule has 0 saturated heterocycles. The first-order chi connectivity index (χ1) is 5.74. The third-order valence-corrected chi connectivity index (χ3v) is 0.0556. The molecule has 0 spiro atoms. The maximum atomic E-state index is 8.81. The lowest BCUT2D eigenvalue weighted by Gasteiger charge is -1.32. The smallest absolute Gasteiger partial charge is 0.204 e. The summed E-state index contributed by atoms with van der Waals surface area (Å²) in [6.07, 6.45) is 0.889. The van der Waals surface area contributed by atoms with Crippen molar-refractivity contribution in [3.8, 4) is 0 Å². The van der Waals surface area contributed by atoms with Gasteiger partial charge in [0.2, 0.25) is 12.8 Å². The van der Waals surface area contributed by atoms with E-state index in [9.17, 15) is 0 Å². The molecule has 0 aromatic rings. The van der Waals surface area contributed by atoms with Crippen LogP contribution in [0.2, 0.25) is 0 Å². The van der Waals surface area contributed by atoms with E-state index in [0.717, 1.165) is 0 Å². The predicted molar refractivity (Wildman–Crippen MR) is 43.9 cm³/mol. The van der Waals surface area contributed by atoms with E-state index in [0.29, 0.717) is 0 Å². The number of rotatable bonds is 1. The van der Waals surface area contributed by atoms with Gasteiger partial charge in [-0.1, -0.05) is 0 Å². The highest BCUT2D eigenvalue weighted by atomic mass is 16.2. The second-order valence-corrected chi connectivity index (χ2v) is 0.544. The Morgan fingerprint density at radius 1 is 0.750 bits per heavy atom.